The number of carbonyl (C=O) groups excluding carboxylic acids is 1. The number of nitrogens with zero attached hydrogens (tertiary/aromatic N) is 2. The molecule has 0 atom stereocenters. The van der Waals surface area contributed by atoms with Crippen LogP contribution < -0.4 is 10.5 Å². The zero-order chi connectivity index (χ0) is 14.7. The van der Waals surface area contributed by atoms with Crippen molar-refractivity contribution >= 4 is 11.6 Å². The second kappa shape index (κ2) is 5.61. The minimum atomic E-state index is -0.0993. The maximum atomic E-state index is 11.9. The summed E-state index contributed by atoms with van der Waals surface area (Å²) in [5, 5.41) is 0. The molecule has 5 nitrogen and oxygen atoms in total. The van der Waals surface area contributed by atoms with Crippen LogP contribution in [0.5, 0.6) is 11.5 Å². The van der Waals surface area contributed by atoms with Crippen molar-refractivity contribution in [2.75, 3.05) is 19.8 Å². The van der Waals surface area contributed by atoms with Crippen LogP contribution in [0.4, 0.5) is 5.69 Å². The highest BCUT2D eigenvalue weighted by atomic mass is 16.5. The van der Waals surface area contributed by atoms with Gasteiger partial charge in [-0.3, -0.25) is 9.78 Å². The van der Waals surface area contributed by atoms with Crippen LogP contribution in [0.3, 0.4) is 0 Å². The fourth-order valence-electron chi connectivity index (χ4n) is 1.71. The number of anilines is 1. The van der Waals surface area contributed by atoms with E-state index in [9.17, 15) is 4.79 Å². The third-order valence-corrected chi connectivity index (χ3v) is 2.85. The molecule has 0 saturated heterocycles. The first-order valence-corrected chi connectivity index (χ1v) is 6.19. The van der Waals surface area contributed by atoms with Crippen LogP contribution in [0.2, 0.25) is 0 Å². The van der Waals surface area contributed by atoms with E-state index in [4.69, 9.17) is 10.5 Å². The molecular formula is C15H17N3O2. The molecule has 104 valence electrons. The molecule has 0 unspecified atom stereocenters. The van der Waals surface area contributed by atoms with Crippen LogP contribution in [0.15, 0.2) is 36.5 Å². The predicted octanol–water partition coefficient (Wildman–Crippen LogP) is 2.47. The molecule has 0 fully saturated rings. The van der Waals surface area contributed by atoms with Crippen LogP contribution in [-0.2, 0) is 0 Å². The molecule has 1 aromatic carbocycles. The number of carbonyl (C=O) groups is 1. The molecule has 20 heavy (non-hydrogen) atoms. The number of hydrogen-bond acceptors (Lipinski definition) is 4. The topological polar surface area (TPSA) is 68.5 Å². The summed E-state index contributed by atoms with van der Waals surface area (Å²) in [7, 11) is 3.40. The molecular weight excluding hydrogens is 254 g/mol. The van der Waals surface area contributed by atoms with Gasteiger partial charge in [-0.15, -0.1) is 0 Å². The summed E-state index contributed by atoms with van der Waals surface area (Å²) in [5.74, 6) is 0.972. The van der Waals surface area contributed by atoms with E-state index in [1.807, 2.05) is 13.0 Å². The smallest absolute Gasteiger partial charge is 0.253 e. The molecule has 0 aliphatic rings. The molecule has 1 aromatic heterocycles. The van der Waals surface area contributed by atoms with E-state index in [0.29, 0.717) is 22.7 Å². The summed E-state index contributed by atoms with van der Waals surface area (Å²) in [6.45, 7) is 1.85. The fraction of sp³-hybridized carbons (Fsp3) is 0.200. The number of ether oxygens (including phenoxy) is 1. The first-order valence-electron chi connectivity index (χ1n) is 6.19. The van der Waals surface area contributed by atoms with Gasteiger partial charge in [-0.05, 0) is 37.3 Å². The Balaban J connectivity index is 2.35. The van der Waals surface area contributed by atoms with Gasteiger partial charge < -0.3 is 15.4 Å². The van der Waals surface area contributed by atoms with Gasteiger partial charge in [0.25, 0.3) is 5.91 Å². The zero-order valence-corrected chi connectivity index (χ0v) is 11.8. The lowest BCUT2D eigenvalue weighted by molar-refractivity contribution is 0.0827. The quantitative estimate of drug-likeness (QED) is 0.871. The molecule has 0 saturated carbocycles. The lowest BCUT2D eigenvalue weighted by atomic mass is 10.1. The Kier molecular flexibility index (Phi) is 3.89. The maximum absolute atomic E-state index is 11.9. The SMILES string of the molecule is Cc1ncccc1Oc1cc(C(=O)N(C)C)ccc1N. The minimum Gasteiger partial charge on any atom is -0.453 e. The number of rotatable bonds is 3. The van der Waals surface area contributed by atoms with Gasteiger partial charge in [0.05, 0.1) is 11.4 Å². The van der Waals surface area contributed by atoms with Crippen molar-refractivity contribution < 1.29 is 9.53 Å². The van der Waals surface area contributed by atoms with Crippen molar-refractivity contribution in [2.45, 2.75) is 6.92 Å². The first-order chi connectivity index (χ1) is 9.49. The zero-order valence-electron chi connectivity index (χ0n) is 11.8. The van der Waals surface area contributed by atoms with E-state index in [1.165, 1.54) is 4.90 Å². The number of benzene rings is 1. The van der Waals surface area contributed by atoms with E-state index >= 15 is 0 Å². The second-order valence-electron chi connectivity index (χ2n) is 4.64. The Morgan fingerprint density at radius 1 is 1.25 bits per heavy atom. The average molecular weight is 271 g/mol. The predicted molar refractivity (Wildman–Crippen MR) is 77.9 cm³/mol. The van der Waals surface area contributed by atoms with Crippen molar-refractivity contribution in [3.63, 3.8) is 0 Å². The van der Waals surface area contributed by atoms with Gasteiger partial charge in [0.15, 0.2) is 5.75 Å². The van der Waals surface area contributed by atoms with Crippen molar-refractivity contribution in [3.8, 4) is 11.5 Å². The Hall–Kier alpha value is -2.56. The normalized spacial score (nSPS) is 10.2. The van der Waals surface area contributed by atoms with E-state index in [0.717, 1.165) is 5.69 Å². The first kappa shape index (κ1) is 13.9. The van der Waals surface area contributed by atoms with Crippen LogP contribution in [-0.4, -0.2) is 29.9 Å². The van der Waals surface area contributed by atoms with Gasteiger partial charge in [0, 0.05) is 25.9 Å². The van der Waals surface area contributed by atoms with Crippen molar-refractivity contribution in [3.05, 3.63) is 47.8 Å². The average Bonchev–Trinajstić information content (AvgIpc) is 2.42. The van der Waals surface area contributed by atoms with E-state index < -0.39 is 0 Å². The Morgan fingerprint density at radius 3 is 2.65 bits per heavy atom. The Morgan fingerprint density at radius 2 is 2.00 bits per heavy atom. The summed E-state index contributed by atoms with van der Waals surface area (Å²) in [5.41, 5.74) is 7.66. The lowest BCUT2D eigenvalue weighted by Crippen LogP contribution is -2.21. The molecule has 0 aliphatic carbocycles. The second-order valence-corrected chi connectivity index (χ2v) is 4.64. The minimum absolute atomic E-state index is 0.0993. The van der Waals surface area contributed by atoms with E-state index in [1.54, 1.807) is 44.6 Å². The van der Waals surface area contributed by atoms with Gasteiger partial charge in [-0.2, -0.15) is 0 Å². The van der Waals surface area contributed by atoms with Gasteiger partial charge in [0.2, 0.25) is 0 Å². The van der Waals surface area contributed by atoms with Gasteiger partial charge in [-0.25, -0.2) is 0 Å². The standard InChI is InChI=1S/C15H17N3O2/c1-10-13(5-4-8-17-10)20-14-9-11(6-7-12(14)16)15(19)18(2)3/h4-9H,16H2,1-3H3. The number of aromatic nitrogens is 1. The number of pyridine rings is 1. The van der Waals surface area contributed by atoms with Crippen molar-refractivity contribution in [1.29, 1.82) is 0 Å². The Bertz CT molecular complexity index is 639. The fourth-order valence-corrected chi connectivity index (χ4v) is 1.71. The highest BCUT2D eigenvalue weighted by molar-refractivity contribution is 5.94. The molecule has 0 aliphatic heterocycles. The van der Waals surface area contributed by atoms with Crippen LogP contribution in [0.25, 0.3) is 0 Å². The lowest BCUT2D eigenvalue weighted by Gasteiger charge is -2.14. The van der Waals surface area contributed by atoms with Crippen LogP contribution >= 0.6 is 0 Å². The summed E-state index contributed by atoms with van der Waals surface area (Å²) in [6, 6.07) is 8.58. The molecule has 0 spiro atoms. The largest absolute Gasteiger partial charge is 0.453 e. The maximum Gasteiger partial charge on any atom is 0.253 e. The van der Waals surface area contributed by atoms with Crippen molar-refractivity contribution in [1.82, 2.24) is 9.88 Å². The molecule has 1 amide bonds. The molecule has 0 radical (unpaired) electrons. The molecule has 2 N–H and O–H groups in total. The monoisotopic (exact) mass is 271 g/mol. The third kappa shape index (κ3) is 2.88. The number of aryl methyl sites for hydroxylation is 1. The highest BCUT2D eigenvalue weighted by Crippen LogP contribution is 2.29. The third-order valence-electron chi connectivity index (χ3n) is 2.85. The molecule has 0 bridgehead atoms. The van der Waals surface area contributed by atoms with Crippen LogP contribution in [0, 0.1) is 6.92 Å². The van der Waals surface area contributed by atoms with Crippen molar-refractivity contribution in [2.24, 2.45) is 0 Å². The summed E-state index contributed by atoms with van der Waals surface area (Å²) < 4.78 is 5.75. The van der Waals surface area contributed by atoms with E-state index in [-0.39, 0.29) is 5.91 Å². The number of hydrogen-bond donors (Lipinski definition) is 1. The summed E-state index contributed by atoms with van der Waals surface area (Å²) in [4.78, 5) is 17.6. The molecule has 2 rings (SSSR count). The molecule has 2 aromatic rings. The number of nitrogens with two attached hydrogens (primary N) is 1. The molecule has 5 heteroatoms. The number of nitrogen functional groups attached to an aromatic ring is 1. The Labute approximate surface area is 118 Å². The van der Waals surface area contributed by atoms with Gasteiger partial charge in [-0.1, -0.05) is 0 Å². The number of amides is 1. The van der Waals surface area contributed by atoms with E-state index in [2.05, 4.69) is 4.98 Å². The van der Waals surface area contributed by atoms with Gasteiger partial charge in [0.1, 0.15) is 5.75 Å². The highest BCUT2D eigenvalue weighted by Gasteiger charge is 2.12. The molecule has 1 heterocycles. The van der Waals surface area contributed by atoms with Crippen LogP contribution in [0.1, 0.15) is 16.1 Å². The summed E-state index contributed by atoms with van der Waals surface area (Å²) >= 11 is 0. The van der Waals surface area contributed by atoms with Gasteiger partial charge >= 0.3 is 0 Å². The summed E-state index contributed by atoms with van der Waals surface area (Å²) in [6.07, 6.45) is 1.69.